The lowest BCUT2D eigenvalue weighted by molar-refractivity contribution is 0.592. The molecule has 4 aromatic rings. The minimum atomic E-state index is 0.263. The molecule has 0 aliphatic rings. The molecule has 3 nitrogen and oxygen atoms in total. The van der Waals surface area contributed by atoms with Gasteiger partial charge in [0.25, 0.3) is 0 Å². The van der Waals surface area contributed by atoms with Gasteiger partial charge in [-0.05, 0) is 30.2 Å². The van der Waals surface area contributed by atoms with Gasteiger partial charge in [-0.3, -0.25) is 0 Å². The third-order valence-corrected chi connectivity index (χ3v) is 5.45. The van der Waals surface area contributed by atoms with Gasteiger partial charge in [0.2, 0.25) is 5.88 Å². The van der Waals surface area contributed by atoms with Crippen molar-refractivity contribution in [2.24, 2.45) is 4.99 Å². The molecule has 0 spiro atoms. The number of halogens is 2. The molecule has 0 aliphatic heterocycles. The zero-order chi connectivity index (χ0) is 21.1. The molecule has 146 valence electrons. The SMILES string of the molecule is C/C(=N\c1oc(-c2ccccc2)c(-c2ccccc2)c1C#N)c1ccc(Cl)c(Cl)c1. The molecule has 1 aromatic heterocycles. The van der Waals surface area contributed by atoms with Crippen molar-refractivity contribution in [2.45, 2.75) is 6.92 Å². The smallest absolute Gasteiger partial charge is 0.238 e. The van der Waals surface area contributed by atoms with E-state index < -0.39 is 0 Å². The molecule has 0 unspecified atom stereocenters. The summed E-state index contributed by atoms with van der Waals surface area (Å²) in [7, 11) is 0. The van der Waals surface area contributed by atoms with Crippen molar-refractivity contribution in [2.75, 3.05) is 0 Å². The number of nitriles is 1. The molecular formula is C25H16Cl2N2O. The normalized spacial score (nSPS) is 11.3. The first-order chi connectivity index (χ1) is 14.6. The van der Waals surface area contributed by atoms with Crippen LogP contribution in [0, 0.1) is 11.3 Å². The van der Waals surface area contributed by atoms with Crippen molar-refractivity contribution in [1.82, 2.24) is 0 Å². The first-order valence-corrected chi connectivity index (χ1v) is 10.0. The summed E-state index contributed by atoms with van der Waals surface area (Å²) in [4.78, 5) is 4.63. The molecule has 1 heterocycles. The number of hydrogen-bond donors (Lipinski definition) is 0. The number of benzene rings is 3. The highest BCUT2D eigenvalue weighted by Crippen LogP contribution is 2.42. The van der Waals surface area contributed by atoms with E-state index in [0.29, 0.717) is 27.1 Å². The van der Waals surface area contributed by atoms with Gasteiger partial charge in [0.1, 0.15) is 17.4 Å². The van der Waals surface area contributed by atoms with Gasteiger partial charge in [0, 0.05) is 16.8 Å². The summed E-state index contributed by atoms with van der Waals surface area (Å²) in [6, 6.07) is 27.0. The van der Waals surface area contributed by atoms with E-state index in [1.54, 1.807) is 12.1 Å². The van der Waals surface area contributed by atoms with Crippen LogP contribution >= 0.6 is 23.2 Å². The van der Waals surface area contributed by atoms with E-state index in [1.807, 2.05) is 73.7 Å². The lowest BCUT2D eigenvalue weighted by atomic mass is 9.98. The summed E-state index contributed by atoms with van der Waals surface area (Å²) < 4.78 is 6.15. The Hall–Kier alpha value is -3.32. The second kappa shape index (κ2) is 8.59. The lowest BCUT2D eigenvalue weighted by Gasteiger charge is -2.03. The summed E-state index contributed by atoms with van der Waals surface area (Å²) in [6.45, 7) is 1.84. The minimum Gasteiger partial charge on any atom is -0.436 e. The van der Waals surface area contributed by atoms with Gasteiger partial charge in [0.05, 0.1) is 10.0 Å². The molecule has 3 aromatic carbocycles. The molecule has 0 bridgehead atoms. The second-order valence-electron chi connectivity index (χ2n) is 6.66. The first kappa shape index (κ1) is 20.0. The summed E-state index contributed by atoms with van der Waals surface area (Å²) in [5.41, 5.74) is 4.35. The van der Waals surface area contributed by atoms with Crippen molar-refractivity contribution in [3.8, 4) is 28.5 Å². The van der Waals surface area contributed by atoms with Gasteiger partial charge in [-0.25, -0.2) is 4.99 Å². The molecule has 30 heavy (non-hydrogen) atoms. The summed E-state index contributed by atoms with van der Waals surface area (Å²) >= 11 is 12.2. The summed E-state index contributed by atoms with van der Waals surface area (Å²) in [6.07, 6.45) is 0. The Labute approximate surface area is 184 Å². The van der Waals surface area contributed by atoms with E-state index in [-0.39, 0.29) is 5.88 Å². The van der Waals surface area contributed by atoms with E-state index in [9.17, 15) is 5.26 Å². The highest BCUT2D eigenvalue weighted by Gasteiger charge is 2.23. The van der Waals surface area contributed by atoms with E-state index in [4.69, 9.17) is 27.6 Å². The Bertz CT molecular complexity index is 1270. The van der Waals surface area contributed by atoms with Gasteiger partial charge >= 0.3 is 0 Å². The Morgan fingerprint density at radius 3 is 2.10 bits per heavy atom. The van der Waals surface area contributed by atoms with Crippen LogP contribution in [-0.2, 0) is 0 Å². The van der Waals surface area contributed by atoms with Crippen molar-refractivity contribution in [1.29, 1.82) is 5.26 Å². The molecule has 0 aliphatic carbocycles. The molecule has 5 heteroatoms. The van der Waals surface area contributed by atoms with Crippen molar-refractivity contribution in [3.63, 3.8) is 0 Å². The summed E-state index contributed by atoms with van der Waals surface area (Å²) in [5, 5.41) is 10.9. The third-order valence-electron chi connectivity index (χ3n) is 4.71. The largest absolute Gasteiger partial charge is 0.436 e. The van der Waals surface area contributed by atoms with Gasteiger partial charge in [-0.1, -0.05) is 89.9 Å². The molecule has 0 saturated carbocycles. The fourth-order valence-corrected chi connectivity index (χ4v) is 3.51. The fraction of sp³-hybridized carbons (Fsp3) is 0.0400. The maximum absolute atomic E-state index is 9.97. The first-order valence-electron chi connectivity index (χ1n) is 9.27. The van der Waals surface area contributed by atoms with Crippen LogP contribution in [0.1, 0.15) is 18.1 Å². The molecule has 4 rings (SSSR count). The fourth-order valence-electron chi connectivity index (χ4n) is 3.21. The van der Waals surface area contributed by atoms with Crippen LogP contribution in [0.4, 0.5) is 5.88 Å². The second-order valence-corrected chi connectivity index (χ2v) is 7.47. The maximum atomic E-state index is 9.97. The number of rotatable bonds is 4. The highest BCUT2D eigenvalue weighted by molar-refractivity contribution is 6.42. The van der Waals surface area contributed by atoms with Crippen molar-refractivity contribution >= 4 is 34.8 Å². The molecule has 0 atom stereocenters. The maximum Gasteiger partial charge on any atom is 0.238 e. The molecule has 0 amide bonds. The topological polar surface area (TPSA) is 49.3 Å². The highest BCUT2D eigenvalue weighted by atomic mass is 35.5. The Kier molecular flexibility index (Phi) is 5.72. The average molecular weight is 431 g/mol. The average Bonchev–Trinajstić information content (AvgIpc) is 3.15. The molecule has 0 radical (unpaired) electrons. The van der Waals surface area contributed by atoms with Gasteiger partial charge in [-0.2, -0.15) is 5.26 Å². The van der Waals surface area contributed by atoms with Gasteiger partial charge in [0.15, 0.2) is 0 Å². The molecule has 0 saturated heterocycles. The lowest BCUT2D eigenvalue weighted by Crippen LogP contribution is -1.94. The Morgan fingerprint density at radius 2 is 1.50 bits per heavy atom. The standard InChI is InChI=1S/C25H16Cl2N2O/c1-16(19-12-13-21(26)22(27)14-19)29-25-20(15-28)23(17-8-4-2-5-9-17)24(30-25)18-10-6-3-7-11-18/h2-14H,1H3/b29-16+. The van der Waals surface area contributed by atoms with E-state index in [0.717, 1.165) is 22.3 Å². The van der Waals surface area contributed by atoms with Crippen molar-refractivity contribution < 1.29 is 4.42 Å². The van der Waals surface area contributed by atoms with E-state index >= 15 is 0 Å². The monoisotopic (exact) mass is 430 g/mol. The minimum absolute atomic E-state index is 0.263. The van der Waals surface area contributed by atoms with Crippen LogP contribution in [-0.4, -0.2) is 5.71 Å². The quantitative estimate of drug-likeness (QED) is 0.308. The zero-order valence-electron chi connectivity index (χ0n) is 16.1. The number of furan rings is 1. The molecule has 0 fully saturated rings. The molecular weight excluding hydrogens is 415 g/mol. The predicted octanol–water partition coefficient (Wildman–Crippen LogP) is 7.93. The van der Waals surface area contributed by atoms with Gasteiger partial charge < -0.3 is 4.42 Å². The van der Waals surface area contributed by atoms with Crippen molar-refractivity contribution in [3.05, 3.63) is 100 Å². The summed E-state index contributed by atoms with van der Waals surface area (Å²) in [5.74, 6) is 0.873. The van der Waals surface area contributed by atoms with Crippen LogP contribution in [0.2, 0.25) is 10.0 Å². The van der Waals surface area contributed by atoms with E-state index in [2.05, 4.69) is 11.1 Å². The Balaban J connectivity index is 1.92. The van der Waals surface area contributed by atoms with Crippen LogP contribution in [0.15, 0.2) is 88.3 Å². The third kappa shape index (κ3) is 3.89. The number of aliphatic imine (C=N–C) groups is 1. The van der Waals surface area contributed by atoms with Crippen LogP contribution < -0.4 is 0 Å². The predicted molar refractivity (Wildman–Crippen MR) is 123 cm³/mol. The van der Waals surface area contributed by atoms with Crippen LogP contribution in [0.5, 0.6) is 0 Å². The Morgan fingerprint density at radius 1 is 0.867 bits per heavy atom. The van der Waals surface area contributed by atoms with E-state index in [1.165, 1.54) is 0 Å². The van der Waals surface area contributed by atoms with Gasteiger partial charge in [-0.15, -0.1) is 0 Å². The zero-order valence-corrected chi connectivity index (χ0v) is 17.6. The van der Waals surface area contributed by atoms with Crippen LogP contribution in [0.3, 0.4) is 0 Å². The van der Waals surface area contributed by atoms with Crippen LogP contribution in [0.25, 0.3) is 22.5 Å². The number of hydrogen-bond acceptors (Lipinski definition) is 3. The molecule has 0 N–H and O–H groups in total. The number of nitrogens with zero attached hydrogens (tertiary/aromatic N) is 2.